The van der Waals surface area contributed by atoms with Crippen LogP contribution in [0, 0.1) is 0 Å². The topological polar surface area (TPSA) is 100.0 Å². The van der Waals surface area contributed by atoms with E-state index in [9.17, 15) is 5.11 Å². The molecule has 6 rings (SSSR count). The zero-order valence-electron chi connectivity index (χ0n) is 18.8. The van der Waals surface area contributed by atoms with Crippen molar-refractivity contribution in [2.24, 2.45) is 0 Å². The standard InChI is InChI=1S/C24H26FN7OS/c1-34-22-9-14(11-27-30-22)13-2-6-17(20(33)8-13)24-26-12-21(29-31-24)32(16-4-5-16)19-10-15-3-7-18(28-15)23(19)25/h2,6,8-9,11-12,15-16,18-19,23,28,33H,3-5,7,10H2,1H3/t15-,18+,19+,23-/m0/s1. The number of nitrogens with zero attached hydrogens (tertiary/aromatic N) is 6. The molecule has 8 nitrogen and oxygen atoms in total. The SMILES string of the molecule is CSc1cc(-c2ccc(-c3ncc(N(C4CC4)[C@@H]4C[C@@H]5CC[C@@H](N5)[C@@H]4F)nn3)c(O)c2)cnn1. The maximum Gasteiger partial charge on any atom is 0.185 e. The number of phenolic OH excluding ortho intramolecular Hbond substituents is 1. The molecule has 2 bridgehead atoms. The molecule has 4 heterocycles. The zero-order valence-corrected chi connectivity index (χ0v) is 19.6. The summed E-state index contributed by atoms with van der Waals surface area (Å²) in [6.07, 6.45) is 9.14. The van der Waals surface area contributed by atoms with Gasteiger partial charge in [0.05, 0.1) is 24.0 Å². The maximum absolute atomic E-state index is 15.3. The quantitative estimate of drug-likeness (QED) is 0.514. The molecular weight excluding hydrogens is 453 g/mol. The normalized spacial score (nSPS) is 25.9. The highest BCUT2D eigenvalue weighted by atomic mass is 32.2. The Morgan fingerprint density at radius 1 is 1.06 bits per heavy atom. The van der Waals surface area contributed by atoms with E-state index in [1.54, 1.807) is 24.5 Å². The Morgan fingerprint density at radius 3 is 2.68 bits per heavy atom. The van der Waals surface area contributed by atoms with Crippen LogP contribution in [0.3, 0.4) is 0 Å². The number of hydrogen-bond acceptors (Lipinski definition) is 9. The monoisotopic (exact) mass is 479 g/mol. The molecule has 0 radical (unpaired) electrons. The lowest BCUT2D eigenvalue weighted by molar-refractivity contribution is 0.171. The molecular formula is C24H26FN7OS. The van der Waals surface area contributed by atoms with Gasteiger partial charge in [-0.3, -0.25) is 0 Å². The zero-order chi connectivity index (χ0) is 23.2. The largest absolute Gasteiger partial charge is 0.507 e. The van der Waals surface area contributed by atoms with Gasteiger partial charge >= 0.3 is 0 Å². The number of aromatic nitrogens is 5. The minimum absolute atomic E-state index is 0.0624. The predicted molar refractivity (Wildman–Crippen MR) is 128 cm³/mol. The first-order chi connectivity index (χ1) is 16.6. The predicted octanol–water partition coefficient (Wildman–Crippen LogP) is 3.62. The van der Waals surface area contributed by atoms with Crippen LogP contribution in [-0.4, -0.2) is 67.1 Å². The summed E-state index contributed by atoms with van der Waals surface area (Å²) in [4.78, 5) is 6.62. The van der Waals surface area contributed by atoms with Crippen LogP contribution < -0.4 is 10.2 Å². The number of thioether (sulfide) groups is 1. The van der Waals surface area contributed by atoms with Gasteiger partial charge in [-0.15, -0.1) is 27.1 Å². The molecule has 2 saturated heterocycles. The summed E-state index contributed by atoms with van der Waals surface area (Å²) >= 11 is 1.51. The van der Waals surface area contributed by atoms with Crippen LogP contribution in [0.15, 0.2) is 41.7 Å². The third kappa shape index (κ3) is 3.98. The molecule has 0 spiro atoms. The number of fused-ring (bicyclic) bond motifs is 2. The van der Waals surface area contributed by atoms with Gasteiger partial charge in [0.1, 0.15) is 16.9 Å². The van der Waals surface area contributed by atoms with Crippen LogP contribution in [0.2, 0.25) is 0 Å². The number of piperidine rings is 1. The van der Waals surface area contributed by atoms with Crippen LogP contribution in [0.25, 0.3) is 22.5 Å². The Morgan fingerprint density at radius 2 is 1.94 bits per heavy atom. The first-order valence-corrected chi connectivity index (χ1v) is 12.9. The first kappa shape index (κ1) is 21.7. The molecule has 4 atom stereocenters. The van der Waals surface area contributed by atoms with E-state index in [-0.39, 0.29) is 17.8 Å². The number of nitrogens with one attached hydrogen (secondary N) is 1. The van der Waals surface area contributed by atoms with Crippen LogP contribution in [0.4, 0.5) is 10.2 Å². The highest BCUT2D eigenvalue weighted by Crippen LogP contribution is 2.40. The summed E-state index contributed by atoms with van der Waals surface area (Å²) in [5.41, 5.74) is 2.19. The van der Waals surface area contributed by atoms with Crippen molar-refractivity contribution in [3.05, 3.63) is 36.7 Å². The van der Waals surface area contributed by atoms with E-state index in [4.69, 9.17) is 0 Å². The number of alkyl halides is 1. The Kier molecular flexibility index (Phi) is 5.57. The Hall–Kier alpha value is -2.85. The number of anilines is 1. The highest BCUT2D eigenvalue weighted by Gasteiger charge is 2.48. The first-order valence-electron chi connectivity index (χ1n) is 11.7. The fourth-order valence-corrected chi connectivity index (χ4v) is 5.61. The van der Waals surface area contributed by atoms with E-state index in [1.807, 2.05) is 18.4 Å². The number of hydrogen-bond donors (Lipinski definition) is 2. The van der Waals surface area contributed by atoms with Gasteiger partial charge in [-0.1, -0.05) is 6.07 Å². The van der Waals surface area contributed by atoms with Gasteiger partial charge in [0, 0.05) is 23.7 Å². The number of benzene rings is 1. The summed E-state index contributed by atoms with van der Waals surface area (Å²) < 4.78 is 15.3. The van der Waals surface area contributed by atoms with E-state index < -0.39 is 6.17 Å². The Labute approximate surface area is 201 Å². The molecule has 3 fully saturated rings. The molecule has 3 aromatic rings. The van der Waals surface area contributed by atoms with Gasteiger partial charge in [0.2, 0.25) is 0 Å². The lowest BCUT2D eigenvalue weighted by Gasteiger charge is -2.40. The molecule has 1 saturated carbocycles. The van der Waals surface area contributed by atoms with Gasteiger partial charge in [-0.2, -0.15) is 5.10 Å². The van der Waals surface area contributed by atoms with Crippen molar-refractivity contribution in [1.29, 1.82) is 0 Å². The summed E-state index contributed by atoms with van der Waals surface area (Å²) in [6.45, 7) is 0. The summed E-state index contributed by atoms with van der Waals surface area (Å²) in [5, 5.41) is 31.7. The minimum atomic E-state index is -0.924. The van der Waals surface area contributed by atoms with E-state index in [2.05, 4.69) is 35.6 Å². The van der Waals surface area contributed by atoms with Gasteiger partial charge in [-0.05, 0) is 62.1 Å². The van der Waals surface area contributed by atoms with Crippen molar-refractivity contribution in [2.45, 2.75) is 67.5 Å². The Balaban J connectivity index is 1.26. The van der Waals surface area contributed by atoms with Crippen molar-refractivity contribution in [3.8, 4) is 28.3 Å². The van der Waals surface area contributed by atoms with E-state index in [0.29, 0.717) is 29.3 Å². The lowest BCUT2D eigenvalue weighted by atomic mass is 9.96. The van der Waals surface area contributed by atoms with Crippen molar-refractivity contribution in [1.82, 2.24) is 30.7 Å². The van der Waals surface area contributed by atoms with Crippen molar-refractivity contribution in [3.63, 3.8) is 0 Å². The van der Waals surface area contributed by atoms with Crippen LogP contribution >= 0.6 is 11.8 Å². The fraction of sp³-hybridized carbons (Fsp3) is 0.458. The fourth-order valence-electron chi connectivity index (χ4n) is 5.24. The third-order valence-corrected chi connectivity index (χ3v) is 7.70. The second kappa shape index (κ2) is 8.74. The molecule has 3 aliphatic rings. The van der Waals surface area contributed by atoms with E-state index in [1.165, 1.54) is 11.8 Å². The summed E-state index contributed by atoms with van der Waals surface area (Å²) in [5.74, 6) is 1.01. The molecule has 0 amide bonds. The van der Waals surface area contributed by atoms with Gasteiger partial charge < -0.3 is 15.3 Å². The molecule has 10 heteroatoms. The molecule has 1 aromatic carbocycles. The minimum Gasteiger partial charge on any atom is -0.507 e. The van der Waals surface area contributed by atoms with Crippen LogP contribution in [0.5, 0.6) is 5.75 Å². The van der Waals surface area contributed by atoms with Crippen molar-refractivity contribution in [2.75, 3.05) is 11.2 Å². The Bertz CT molecular complexity index is 1190. The number of phenols is 1. The summed E-state index contributed by atoms with van der Waals surface area (Å²) in [7, 11) is 0. The maximum atomic E-state index is 15.3. The van der Waals surface area contributed by atoms with E-state index >= 15 is 4.39 Å². The van der Waals surface area contributed by atoms with E-state index in [0.717, 1.165) is 48.3 Å². The molecule has 2 N–H and O–H groups in total. The summed E-state index contributed by atoms with van der Waals surface area (Å²) in [6, 6.07) is 7.68. The van der Waals surface area contributed by atoms with Gasteiger partial charge in [0.15, 0.2) is 11.6 Å². The average Bonchev–Trinajstić information content (AvgIpc) is 3.62. The number of aromatic hydroxyl groups is 1. The van der Waals surface area contributed by atoms with Gasteiger partial charge in [-0.25, -0.2) is 9.37 Å². The molecule has 34 heavy (non-hydrogen) atoms. The molecule has 176 valence electrons. The van der Waals surface area contributed by atoms with Gasteiger partial charge in [0.25, 0.3) is 0 Å². The van der Waals surface area contributed by atoms with Crippen LogP contribution in [-0.2, 0) is 0 Å². The number of halogens is 1. The number of rotatable bonds is 6. The molecule has 2 aromatic heterocycles. The second-order valence-corrected chi connectivity index (χ2v) is 10.1. The highest BCUT2D eigenvalue weighted by molar-refractivity contribution is 7.98. The second-order valence-electron chi connectivity index (χ2n) is 9.29. The third-order valence-electron chi connectivity index (χ3n) is 7.08. The average molecular weight is 480 g/mol. The van der Waals surface area contributed by atoms with Crippen molar-refractivity contribution < 1.29 is 9.50 Å². The smallest absolute Gasteiger partial charge is 0.185 e. The van der Waals surface area contributed by atoms with Crippen LogP contribution in [0.1, 0.15) is 32.1 Å². The molecule has 0 unspecified atom stereocenters. The molecule has 1 aliphatic carbocycles. The lowest BCUT2D eigenvalue weighted by Crippen LogP contribution is -2.57. The molecule has 2 aliphatic heterocycles. The van der Waals surface area contributed by atoms with Crippen molar-refractivity contribution >= 4 is 17.6 Å².